The molecular formula is C12H18ClNO2S2. The summed E-state index contributed by atoms with van der Waals surface area (Å²) in [5, 5.41) is 1.79. The van der Waals surface area contributed by atoms with Gasteiger partial charge in [-0.3, -0.25) is 0 Å². The molecule has 1 saturated carbocycles. The molecule has 0 bridgehead atoms. The summed E-state index contributed by atoms with van der Waals surface area (Å²) < 4.78 is 26.7. The molecule has 0 saturated heterocycles. The van der Waals surface area contributed by atoms with Gasteiger partial charge in [0.05, 0.1) is 10.8 Å². The molecular weight excluding hydrogens is 290 g/mol. The lowest BCUT2D eigenvalue weighted by Crippen LogP contribution is -2.37. The molecule has 0 atom stereocenters. The second kappa shape index (κ2) is 5.90. The molecule has 1 aromatic heterocycles. The fourth-order valence-electron chi connectivity index (χ4n) is 2.16. The van der Waals surface area contributed by atoms with E-state index >= 15 is 0 Å². The standard InChI is InChI=1S/C12H18ClNO2S2/c1-2-14(9-10-4-3-5-10)18(15,16)12-6-7-17-11(12)8-13/h6-7,10H,2-5,8-9H2,1H3. The van der Waals surface area contributed by atoms with Gasteiger partial charge in [-0.15, -0.1) is 22.9 Å². The SMILES string of the molecule is CCN(CC1CCC1)S(=O)(=O)c1ccsc1CCl. The van der Waals surface area contributed by atoms with E-state index in [-0.39, 0.29) is 5.88 Å². The van der Waals surface area contributed by atoms with Crippen LogP contribution < -0.4 is 0 Å². The lowest BCUT2D eigenvalue weighted by Gasteiger charge is -2.31. The van der Waals surface area contributed by atoms with Crippen LogP contribution in [0.4, 0.5) is 0 Å². The number of hydrogen-bond donors (Lipinski definition) is 0. The predicted molar refractivity (Wildman–Crippen MR) is 75.6 cm³/mol. The lowest BCUT2D eigenvalue weighted by molar-refractivity contribution is 0.250. The molecule has 18 heavy (non-hydrogen) atoms. The van der Waals surface area contributed by atoms with Crippen LogP contribution in [0.25, 0.3) is 0 Å². The van der Waals surface area contributed by atoms with Crippen molar-refractivity contribution in [1.82, 2.24) is 4.31 Å². The zero-order chi connectivity index (χ0) is 13.2. The van der Waals surface area contributed by atoms with Gasteiger partial charge in [-0.05, 0) is 30.2 Å². The highest BCUT2D eigenvalue weighted by Gasteiger charge is 2.30. The van der Waals surface area contributed by atoms with E-state index in [1.165, 1.54) is 17.8 Å². The topological polar surface area (TPSA) is 37.4 Å². The first-order valence-corrected chi connectivity index (χ1v) is 9.07. The molecule has 0 unspecified atom stereocenters. The van der Waals surface area contributed by atoms with Crippen molar-refractivity contribution in [2.75, 3.05) is 13.1 Å². The van der Waals surface area contributed by atoms with Crippen LogP contribution in [0.5, 0.6) is 0 Å². The molecule has 6 heteroatoms. The van der Waals surface area contributed by atoms with E-state index in [2.05, 4.69) is 0 Å². The van der Waals surface area contributed by atoms with Crippen molar-refractivity contribution in [3.05, 3.63) is 16.3 Å². The first-order valence-electron chi connectivity index (χ1n) is 6.22. The van der Waals surface area contributed by atoms with Gasteiger partial charge in [-0.1, -0.05) is 13.3 Å². The summed E-state index contributed by atoms with van der Waals surface area (Å²) in [4.78, 5) is 1.13. The average molecular weight is 308 g/mol. The Balaban J connectivity index is 2.21. The molecule has 2 rings (SSSR count). The van der Waals surface area contributed by atoms with E-state index in [1.807, 2.05) is 6.92 Å². The maximum atomic E-state index is 12.6. The number of thiophene rings is 1. The van der Waals surface area contributed by atoms with Gasteiger partial charge in [0.15, 0.2) is 0 Å². The van der Waals surface area contributed by atoms with Crippen LogP contribution in [0.2, 0.25) is 0 Å². The first kappa shape index (κ1) is 14.3. The second-order valence-corrected chi connectivity index (χ2v) is 7.77. The number of rotatable bonds is 6. The van der Waals surface area contributed by atoms with Crippen molar-refractivity contribution in [3.63, 3.8) is 0 Å². The maximum absolute atomic E-state index is 12.6. The third kappa shape index (κ3) is 2.74. The molecule has 0 amide bonds. The third-order valence-corrected chi connectivity index (χ3v) is 6.98. The average Bonchev–Trinajstić information content (AvgIpc) is 2.76. The van der Waals surface area contributed by atoms with Crippen molar-refractivity contribution in [3.8, 4) is 0 Å². The van der Waals surface area contributed by atoms with E-state index in [0.29, 0.717) is 23.9 Å². The van der Waals surface area contributed by atoms with Crippen molar-refractivity contribution < 1.29 is 8.42 Å². The Kier molecular flexibility index (Phi) is 4.69. The van der Waals surface area contributed by atoms with Gasteiger partial charge in [0, 0.05) is 18.0 Å². The molecule has 0 aliphatic heterocycles. The first-order chi connectivity index (χ1) is 8.59. The Labute approximate surface area is 118 Å². The highest BCUT2D eigenvalue weighted by atomic mass is 35.5. The van der Waals surface area contributed by atoms with E-state index < -0.39 is 10.0 Å². The molecule has 0 radical (unpaired) electrons. The van der Waals surface area contributed by atoms with Gasteiger partial charge in [-0.25, -0.2) is 8.42 Å². The molecule has 102 valence electrons. The van der Waals surface area contributed by atoms with Crippen molar-refractivity contribution in [2.45, 2.75) is 37.0 Å². The van der Waals surface area contributed by atoms with Gasteiger partial charge >= 0.3 is 0 Å². The fourth-order valence-corrected chi connectivity index (χ4v) is 5.36. The Morgan fingerprint density at radius 3 is 2.72 bits per heavy atom. The summed E-state index contributed by atoms with van der Waals surface area (Å²) in [5.41, 5.74) is 0. The highest BCUT2D eigenvalue weighted by Crippen LogP contribution is 2.31. The minimum Gasteiger partial charge on any atom is -0.207 e. The van der Waals surface area contributed by atoms with Gasteiger partial charge in [0.1, 0.15) is 0 Å². The summed E-state index contributed by atoms with van der Waals surface area (Å²) >= 11 is 7.20. The zero-order valence-electron chi connectivity index (χ0n) is 10.4. The summed E-state index contributed by atoms with van der Waals surface area (Å²) in [7, 11) is -3.36. The molecule has 0 aromatic carbocycles. The highest BCUT2D eigenvalue weighted by molar-refractivity contribution is 7.89. The smallest absolute Gasteiger partial charge is 0.207 e. The van der Waals surface area contributed by atoms with Crippen LogP contribution in [0.15, 0.2) is 16.3 Å². The Morgan fingerprint density at radius 1 is 1.50 bits per heavy atom. The molecule has 1 aliphatic rings. The largest absolute Gasteiger partial charge is 0.244 e. The molecule has 1 aromatic rings. The summed E-state index contributed by atoms with van der Waals surface area (Å²) in [5.74, 6) is 0.797. The number of sulfonamides is 1. The summed E-state index contributed by atoms with van der Waals surface area (Å²) in [6.07, 6.45) is 3.53. The van der Waals surface area contributed by atoms with Gasteiger partial charge < -0.3 is 0 Å². The summed E-state index contributed by atoms with van der Waals surface area (Å²) in [6, 6.07) is 1.67. The summed E-state index contributed by atoms with van der Waals surface area (Å²) in [6.45, 7) is 3.07. The second-order valence-electron chi connectivity index (χ2n) is 4.59. The maximum Gasteiger partial charge on any atom is 0.244 e. The minimum absolute atomic E-state index is 0.257. The Bertz CT molecular complexity index is 494. The quantitative estimate of drug-likeness (QED) is 0.756. The van der Waals surface area contributed by atoms with Crippen molar-refractivity contribution in [2.24, 2.45) is 5.92 Å². The van der Waals surface area contributed by atoms with Crippen LogP contribution in [0.1, 0.15) is 31.1 Å². The van der Waals surface area contributed by atoms with E-state index in [0.717, 1.165) is 17.7 Å². The fraction of sp³-hybridized carbons (Fsp3) is 0.667. The molecule has 1 heterocycles. The molecule has 1 fully saturated rings. The normalized spacial score (nSPS) is 17.1. The van der Waals surface area contributed by atoms with E-state index in [1.54, 1.807) is 15.8 Å². The number of alkyl halides is 1. The zero-order valence-corrected chi connectivity index (χ0v) is 12.8. The van der Waals surface area contributed by atoms with Crippen molar-refractivity contribution in [1.29, 1.82) is 0 Å². The minimum atomic E-state index is -3.36. The van der Waals surface area contributed by atoms with Crippen LogP contribution in [0, 0.1) is 5.92 Å². The molecule has 3 nitrogen and oxygen atoms in total. The number of hydrogen-bond acceptors (Lipinski definition) is 3. The van der Waals surface area contributed by atoms with Gasteiger partial charge in [0.2, 0.25) is 10.0 Å². The van der Waals surface area contributed by atoms with Crippen LogP contribution in [-0.2, 0) is 15.9 Å². The Morgan fingerprint density at radius 2 is 2.22 bits per heavy atom. The molecule has 0 spiro atoms. The van der Waals surface area contributed by atoms with Crippen LogP contribution in [0.3, 0.4) is 0 Å². The van der Waals surface area contributed by atoms with E-state index in [4.69, 9.17) is 11.6 Å². The monoisotopic (exact) mass is 307 g/mol. The van der Waals surface area contributed by atoms with Gasteiger partial charge in [-0.2, -0.15) is 4.31 Å². The van der Waals surface area contributed by atoms with E-state index in [9.17, 15) is 8.42 Å². The Hall–Kier alpha value is -0.100. The predicted octanol–water partition coefficient (Wildman–Crippen LogP) is 3.30. The lowest BCUT2D eigenvalue weighted by atomic mass is 9.85. The van der Waals surface area contributed by atoms with Gasteiger partial charge in [0.25, 0.3) is 0 Å². The number of nitrogens with zero attached hydrogens (tertiary/aromatic N) is 1. The van der Waals surface area contributed by atoms with Crippen LogP contribution >= 0.6 is 22.9 Å². The molecule has 1 aliphatic carbocycles. The van der Waals surface area contributed by atoms with Crippen LogP contribution in [-0.4, -0.2) is 25.8 Å². The molecule has 0 N–H and O–H groups in total. The van der Waals surface area contributed by atoms with Crippen molar-refractivity contribution >= 4 is 33.0 Å². The third-order valence-electron chi connectivity index (χ3n) is 3.48. The number of halogens is 1.